The van der Waals surface area contributed by atoms with Gasteiger partial charge in [-0.3, -0.25) is 0 Å². The number of ether oxygens (including phenoxy) is 2. The average Bonchev–Trinajstić information content (AvgIpc) is 2.18. The van der Waals surface area contributed by atoms with Crippen molar-refractivity contribution in [3.8, 4) is 0 Å². The number of anilines is 1. The van der Waals surface area contributed by atoms with Crippen molar-refractivity contribution in [1.82, 2.24) is 0 Å². The highest BCUT2D eigenvalue weighted by molar-refractivity contribution is 5.46. The summed E-state index contributed by atoms with van der Waals surface area (Å²) >= 11 is 0. The van der Waals surface area contributed by atoms with Gasteiger partial charge in [0, 0.05) is 19.9 Å². The lowest BCUT2D eigenvalue weighted by molar-refractivity contribution is 0.126. The van der Waals surface area contributed by atoms with Crippen LogP contribution < -0.4 is 5.32 Å². The highest BCUT2D eigenvalue weighted by Crippen LogP contribution is 2.11. The van der Waals surface area contributed by atoms with Gasteiger partial charge in [-0.2, -0.15) is 0 Å². The maximum atomic E-state index is 5.12. The lowest BCUT2D eigenvalue weighted by Crippen LogP contribution is -2.29. The van der Waals surface area contributed by atoms with Gasteiger partial charge < -0.3 is 14.8 Å². The standard InChI is InChI=1S/C12H19NO2/c1-10-5-4-6-11(7-10)13-12(8-14-2)9-15-3/h4-7,12-13H,8-9H2,1-3H3. The van der Waals surface area contributed by atoms with Gasteiger partial charge in [-0.25, -0.2) is 0 Å². The van der Waals surface area contributed by atoms with Crippen molar-refractivity contribution < 1.29 is 9.47 Å². The minimum absolute atomic E-state index is 0.196. The largest absolute Gasteiger partial charge is 0.382 e. The van der Waals surface area contributed by atoms with Crippen molar-refractivity contribution in [2.45, 2.75) is 13.0 Å². The zero-order valence-corrected chi connectivity index (χ0v) is 9.62. The Morgan fingerprint density at radius 2 is 1.87 bits per heavy atom. The topological polar surface area (TPSA) is 30.5 Å². The van der Waals surface area contributed by atoms with E-state index >= 15 is 0 Å². The molecule has 0 aliphatic rings. The third-order valence-electron chi connectivity index (χ3n) is 2.12. The number of rotatable bonds is 6. The van der Waals surface area contributed by atoms with Gasteiger partial charge in [0.15, 0.2) is 0 Å². The molecule has 0 aromatic heterocycles. The van der Waals surface area contributed by atoms with Gasteiger partial charge >= 0.3 is 0 Å². The van der Waals surface area contributed by atoms with E-state index in [0.29, 0.717) is 13.2 Å². The summed E-state index contributed by atoms with van der Waals surface area (Å²) in [4.78, 5) is 0. The van der Waals surface area contributed by atoms with Gasteiger partial charge in [-0.05, 0) is 24.6 Å². The second-order valence-electron chi connectivity index (χ2n) is 3.62. The van der Waals surface area contributed by atoms with Crippen molar-refractivity contribution in [1.29, 1.82) is 0 Å². The molecule has 1 rings (SSSR count). The monoisotopic (exact) mass is 209 g/mol. The zero-order chi connectivity index (χ0) is 11.1. The highest BCUT2D eigenvalue weighted by Gasteiger charge is 2.07. The van der Waals surface area contributed by atoms with E-state index in [1.54, 1.807) is 14.2 Å². The molecule has 0 atom stereocenters. The second-order valence-corrected chi connectivity index (χ2v) is 3.62. The molecule has 84 valence electrons. The fraction of sp³-hybridized carbons (Fsp3) is 0.500. The van der Waals surface area contributed by atoms with E-state index in [4.69, 9.17) is 9.47 Å². The van der Waals surface area contributed by atoms with Gasteiger partial charge in [0.25, 0.3) is 0 Å². The predicted octanol–water partition coefficient (Wildman–Crippen LogP) is 2.07. The SMILES string of the molecule is COCC(COC)Nc1cccc(C)c1. The molecule has 0 unspecified atom stereocenters. The third kappa shape index (κ3) is 4.32. The molecule has 0 spiro atoms. The summed E-state index contributed by atoms with van der Waals surface area (Å²) in [6.07, 6.45) is 0. The Labute approximate surface area is 91.4 Å². The molecular formula is C12H19NO2. The number of benzene rings is 1. The molecule has 15 heavy (non-hydrogen) atoms. The van der Waals surface area contributed by atoms with E-state index in [1.807, 2.05) is 12.1 Å². The molecule has 0 aliphatic carbocycles. The summed E-state index contributed by atoms with van der Waals surface area (Å²) in [7, 11) is 3.39. The van der Waals surface area contributed by atoms with Crippen molar-refractivity contribution in [3.05, 3.63) is 29.8 Å². The molecule has 0 heterocycles. The highest BCUT2D eigenvalue weighted by atomic mass is 16.5. The summed E-state index contributed by atoms with van der Waals surface area (Å²) in [5.74, 6) is 0. The van der Waals surface area contributed by atoms with Crippen LogP contribution >= 0.6 is 0 Å². The molecule has 0 fully saturated rings. The molecule has 0 aliphatic heterocycles. The Hall–Kier alpha value is -1.06. The molecule has 0 bridgehead atoms. The maximum absolute atomic E-state index is 5.12. The molecule has 1 N–H and O–H groups in total. The Morgan fingerprint density at radius 3 is 2.40 bits per heavy atom. The number of methoxy groups -OCH3 is 2. The molecule has 3 nitrogen and oxygen atoms in total. The van der Waals surface area contributed by atoms with Crippen molar-refractivity contribution in [2.75, 3.05) is 32.8 Å². The molecule has 0 saturated carbocycles. The number of nitrogens with one attached hydrogen (secondary N) is 1. The van der Waals surface area contributed by atoms with Crippen LogP contribution in [0.2, 0.25) is 0 Å². The minimum atomic E-state index is 0.196. The number of aryl methyl sites for hydroxylation is 1. The van der Waals surface area contributed by atoms with E-state index < -0.39 is 0 Å². The Bertz CT molecular complexity index is 283. The van der Waals surface area contributed by atoms with Gasteiger partial charge in [0.05, 0.1) is 19.3 Å². The van der Waals surface area contributed by atoms with Crippen molar-refractivity contribution in [2.24, 2.45) is 0 Å². The molecule has 3 heteroatoms. The van der Waals surface area contributed by atoms with Gasteiger partial charge in [-0.1, -0.05) is 12.1 Å². The first kappa shape index (κ1) is 12.0. The fourth-order valence-corrected chi connectivity index (χ4v) is 1.50. The van der Waals surface area contributed by atoms with E-state index in [2.05, 4.69) is 24.4 Å². The van der Waals surface area contributed by atoms with Crippen LogP contribution in [0.3, 0.4) is 0 Å². The number of hydrogen-bond acceptors (Lipinski definition) is 3. The summed E-state index contributed by atoms with van der Waals surface area (Å²) in [6.45, 7) is 3.36. The van der Waals surface area contributed by atoms with Crippen LogP contribution in [-0.4, -0.2) is 33.5 Å². The molecule has 1 aromatic carbocycles. The summed E-state index contributed by atoms with van der Waals surface area (Å²) < 4.78 is 10.2. The Kier molecular flexibility index (Phi) is 5.15. The van der Waals surface area contributed by atoms with E-state index in [0.717, 1.165) is 5.69 Å². The average molecular weight is 209 g/mol. The molecular weight excluding hydrogens is 190 g/mol. The maximum Gasteiger partial charge on any atom is 0.0728 e. The van der Waals surface area contributed by atoms with Crippen LogP contribution in [0.5, 0.6) is 0 Å². The van der Waals surface area contributed by atoms with Crippen molar-refractivity contribution >= 4 is 5.69 Å². The lowest BCUT2D eigenvalue weighted by atomic mass is 10.2. The molecule has 1 aromatic rings. The molecule has 0 saturated heterocycles. The summed E-state index contributed by atoms with van der Waals surface area (Å²) in [5, 5.41) is 3.37. The Balaban J connectivity index is 2.56. The van der Waals surface area contributed by atoms with Crippen LogP contribution in [0, 0.1) is 6.92 Å². The van der Waals surface area contributed by atoms with Crippen molar-refractivity contribution in [3.63, 3.8) is 0 Å². The fourth-order valence-electron chi connectivity index (χ4n) is 1.50. The molecule has 0 radical (unpaired) electrons. The summed E-state index contributed by atoms with van der Waals surface area (Å²) in [6, 6.07) is 8.46. The quantitative estimate of drug-likeness (QED) is 0.778. The van der Waals surface area contributed by atoms with E-state index in [9.17, 15) is 0 Å². The second kappa shape index (κ2) is 6.43. The normalized spacial score (nSPS) is 10.7. The zero-order valence-electron chi connectivity index (χ0n) is 9.62. The smallest absolute Gasteiger partial charge is 0.0728 e. The molecule has 0 amide bonds. The first-order chi connectivity index (χ1) is 7.26. The first-order valence-corrected chi connectivity index (χ1v) is 5.07. The third-order valence-corrected chi connectivity index (χ3v) is 2.12. The summed E-state index contributed by atoms with van der Waals surface area (Å²) in [5.41, 5.74) is 2.35. The van der Waals surface area contributed by atoms with Gasteiger partial charge in [0.1, 0.15) is 0 Å². The lowest BCUT2D eigenvalue weighted by Gasteiger charge is -2.18. The van der Waals surface area contributed by atoms with Crippen LogP contribution in [-0.2, 0) is 9.47 Å². The predicted molar refractivity (Wildman–Crippen MR) is 62.3 cm³/mol. The van der Waals surface area contributed by atoms with Crippen LogP contribution in [0.1, 0.15) is 5.56 Å². The van der Waals surface area contributed by atoms with Gasteiger partial charge in [0.2, 0.25) is 0 Å². The van der Waals surface area contributed by atoms with E-state index in [1.165, 1.54) is 5.56 Å². The van der Waals surface area contributed by atoms with Gasteiger partial charge in [-0.15, -0.1) is 0 Å². The number of hydrogen-bond donors (Lipinski definition) is 1. The minimum Gasteiger partial charge on any atom is -0.382 e. The van der Waals surface area contributed by atoms with Crippen LogP contribution in [0.15, 0.2) is 24.3 Å². The van der Waals surface area contributed by atoms with Crippen LogP contribution in [0.25, 0.3) is 0 Å². The first-order valence-electron chi connectivity index (χ1n) is 5.07. The Morgan fingerprint density at radius 1 is 1.20 bits per heavy atom. The van der Waals surface area contributed by atoms with E-state index in [-0.39, 0.29) is 6.04 Å². The van der Waals surface area contributed by atoms with Crippen LogP contribution in [0.4, 0.5) is 5.69 Å².